The number of para-hydroxylation sites is 1. The van der Waals surface area contributed by atoms with E-state index in [1.165, 1.54) is 13.3 Å². The Morgan fingerprint density at radius 2 is 1.77 bits per heavy atom. The molecule has 2 amide bonds. The summed E-state index contributed by atoms with van der Waals surface area (Å²) in [7, 11) is 1.50. The van der Waals surface area contributed by atoms with E-state index in [9.17, 15) is 9.59 Å². The Morgan fingerprint density at radius 3 is 2.46 bits per heavy atom. The van der Waals surface area contributed by atoms with Crippen molar-refractivity contribution in [3.63, 3.8) is 0 Å². The third kappa shape index (κ3) is 6.97. The first-order valence-corrected chi connectivity index (χ1v) is 12.0. The highest BCUT2D eigenvalue weighted by atomic mass is 79.9. The maximum Gasteiger partial charge on any atom is 0.329 e. The van der Waals surface area contributed by atoms with Gasteiger partial charge in [-0.2, -0.15) is 5.10 Å². The molecule has 0 heterocycles. The highest BCUT2D eigenvalue weighted by molar-refractivity contribution is 9.10. The van der Waals surface area contributed by atoms with E-state index >= 15 is 0 Å². The molecule has 0 aliphatic heterocycles. The van der Waals surface area contributed by atoms with Crippen LogP contribution in [-0.2, 0) is 22.6 Å². The lowest BCUT2D eigenvalue weighted by molar-refractivity contribution is -0.136. The quantitative estimate of drug-likeness (QED) is 0.195. The summed E-state index contributed by atoms with van der Waals surface area (Å²) in [6, 6.07) is 15.9. The minimum atomic E-state index is -0.894. The van der Waals surface area contributed by atoms with Gasteiger partial charge in [0, 0.05) is 21.3 Å². The summed E-state index contributed by atoms with van der Waals surface area (Å²) in [5.41, 5.74) is 4.97. The Morgan fingerprint density at radius 1 is 1.06 bits per heavy atom. The van der Waals surface area contributed by atoms with Crippen molar-refractivity contribution in [3.8, 4) is 11.5 Å². The molecule has 35 heavy (non-hydrogen) atoms. The van der Waals surface area contributed by atoms with Gasteiger partial charge in [0.2, 0.25) is 0 Å². The van der Waals surface area contributed by atoms with Crippen LogP contribution < -0.4 is 20.2 Å². The van der Waals surface area contributed by atoms with Crippen molar-refractivity contribution in [2.24, 2.45) is 5.10 Å². The second-order valence-corrected chi connectivity index (χ2v) is 8.86. The molecule has 0 unspecified atom stereocenters. The maximum atomic E-state index is 12.2. The van der Waals surface area contributed by atoms with Crippen molar-refractivity contribution in [1.82, 2.24) is 5.43 Å². The van der Waals surface area contributed by atoms with Crippen LogP contribution in [0.1, 0.15) is 23.6 Å². The van der Waals surface area contributed by atoms with Crippen molar-refractivity contribution in [2.75, 3.05) is 12.4 Å². The van der Waals surface area contributed by atoms with E-state index in [0.29, 0.717) is 42.8 Å². The van der Waals surface area contributed by atoms with E-state index < -0.39 is 11.8 Å². The molecule has 0 spiro atoms. The molecular weight excluding hydrogens is 557 g/mol. The van der Waals surface area contributed by atoms with Gasteiger partial charge in [-0.1, -0.05) is 54.4 Å². The summed E-state index contributed by atoms with van der Waals surface area (Å²) in [5, 5.41) is 7.45. The lowest BCUT2D eigenvalue weighted by Crippen LogP contribution is -2.32. The topological polar surface area (TPSA) is 89.0 Å². The van der Waals surface area contributed by atoms with Gasteiger partial charge >= 0.3 is 11.8 Å². The number of hydrazone groups is 1. The number of carbonyl (C=O) groups is 2. The summed E-state index contributed by atoms with van der Waals surface area (Å²) in [5.74, 6) is -0.846. The second-order valence-electron chi connectivity index (χ2n) is 7.19. The number of anilines is 1. The van der Waals surface area contributed by atoms with Crippen LogP contribution in [-0.4, -0.2) is 25.1 Å². The average molecular weight is 579 g/mol. The van der Waals surface area contributed by atoms with Crippen LogP contribution in [0.3, 0.4) is 0 Å². The molecule has 0 aliphatic carbocycles. The summed E-state index contributed by atoms with van der Waals surface area (Å²) in [6.45, 7) is 2.09. The monoisotopic (exact) mass is 577 g/mol. The van der Waals surface area contributed by atoms with Gasteiger partial charge in [0.15, 0.2) is 11.5 Å². The van der Waals surface area contributed by atoms with E-state index in [1.54, 1.807) is 42.5 Å². The summed E-state index contributed by atoms with van der Waals surface area (Å²) < 4.78 is 11.9. The zero-order chi connectivity index (χ0) is 25.4. The van der Waals surface area contributed by atoms with Crippen LogP contribution in [0.25, 0.3) is 0 Å². The molecule has 3 rings (SSSR count). The highest BCUT2D eigenvalue weighted by Gasteiger charge is 2.16. The summed E-state index contributed by atoms with van der Waals surface area (Å²) in [6.07, 6.45) is 2.10. The molecule has 10 heteroatoms. The summed E-state index contributed by atoms with van der Waals surface area (Å²) >= 11 is 15.9. The van der Waals surface area contributed by atoms with Crippen LogP contribution in [0.5, 0.6) is 11.5 Å². The standard InChI is InChI=1S/C25H22BrCl2N3O4/c1-3-16-7-4-5-10-21(16)30-24(32)25(33)31-29-13-15-11-18(26)23(22(12-15)34-2)35-14-17-19(27)8-6-9-20(17)28/h4-13H,3,14H2,1-2H3,(H,30,32)(H,31,33)/b29-13+. The minimum absolute atomic E-state index is 0.132. The molecule has 7 nitrogen and oxygen atoms in total. The van der Waals surface area contributed by atoms with Crippen LogP contribution in [0, 0.1) is 0 Å². The lowest BCUT2D eigenvalue weighted by atomic mass is 10.1. The predicted molar refractivity (Wildman–Crippen MR) is 142 cm³/mol. The highest BCUT2D eigenvalue weighted by Crippen LogP contribution is 2.37. The fourth-order valence-electron chi connectivity index (χ4n) is 3.11. The predicted octanol–water partition coefficient (Wildman–Crippen LogP) is 5.99. The Kier molecular flexibility index (Phi) is 9.54. The van der Waals surface area contributed by atoms with Crippen molar-refractivity contribution in [1.29, 1.82) is 0 Å². The molecular formula is C25H22BrCl2N3O4. The smallest absolute Gasteiger partial charge is 0.329 e. The van der Waals surface area contributed by atoms with Crippen LogP contribution >= 0.6 is 39.1 Å². The maximum absolute atomic E-state index is 12.2. The Labute approximate surface area is 221 Å². The molecule has 0 bridgehead atoms. The molecule has 0 aliphatic rings. The molecule has 0 saturated heterocycles. The molecule has 2 N–H and O–H groups in total. The van der Waals surface area contributed by atoms with Crippen molar-refractivity contribution < 1.29 is 19.1 Å². The first-order valence-electron chi connectivity index (χ1n) is 10.5. The summed E-state index contributed by atoms with van der Waals surface area (Å²) in [4.78, 5) is 24.3. The van der Waals surface area contributed by atoms with Gasteiger partial charge in [-0.15, -0.1) is 0 Å². The Bertz CT molecular complexity index is 1250. The number of ether oxygens (including phenoxy) is 2. The zero-order valence-corrected chi connectivity index (χ0v) is 22.0. The van der Waals surface area contributed by atoms with E-state index in [-0.39, 0.29) is 6.61 Å². The van der Waals surface area contributed by atoms with Gasteiger partial charge in [-0.05, 0) is 63.8 Å². The number of aryl methyl sites for hydroxylation is 1. The number of methoxy groups -OCH3 is 1. The molecule has 0 aromatic heterocycles. The number of nitrogens with zero attached hydrogens (tertiary/aromatic N) is 1. The number of nitrogens with one attached hydrogen (secondary N) is 2. The Balaban J connectivity index is 1.66. The lowest BCUT2D eigenvalue weighted by Gasteiger charge is -2.14. The number of halogens is 3. The van der Waals surface area contributed by atoms with Crippen LogP contribution in [0.4, 0.5) is 5.69 Å². The number of benzene rings is 3. The number of amides is 2. The number of hydrogen-bond acceptors (Lipinski definition) is 5. The molecule has 0 fully saturated rings. The van der Waals surface area contributed by atoms with Gasteiger partial charge in [0.25, 0.3) is 0 Å². The first-order chi connectivity index (χ1) is 16.8. The van der Waals surface area contributed by atoms with Crippen molar-refractivity contribution in [3.05, 3.63) is 85.8 Å². The van der Waals surface area contributed by atoms with E-state index in [0.717, 1.165) is 12.0 Å². The van der Waals surface area contributed by atoms with E-state index in [1.807, 2.05) is 19.1 Å². The van der Waals surface area contributed by atoms with Crippen molar-refractivity contribution in [2.45, 2.75) is 20.0 Å². The van der Waals surface area contributed by atoms with Crippen LogP contribution in [0.2, 0.25) is 10.0 Å². The molecule has 0 radical (unpaired) electrons. The molecule has 0 saturated carbocycles. The largest absolute Gasteiger partial charge is 0.493 e. The number of carbonyl (C=O) groups excluding carboxylic acids is 2. The first kappa shape index (κ1) is 26.5. The third-order valence-corrected chi connectivity index (χ3v) is 6.20. The van der Waals surface area contributed by atoms with E-state index in [2.05, 4.69) is 31.8 Å². The van der Waals surface area contributed by atoms with Gasteiger partial charge in [0.1, 0.15) is 6.61 Å². The normalized spacial score (nSPS) is 10.8. The fourth-order valence-corrected chi connectivity index (χ4v) is 4.20. The average Bonchev–Trinajstić information content (AvgIpc) is 2.84. The van der Waals surface area contributed by atoms with Crippen molar-refractivity contribution >= 4 is 62.8 Å². The minimum Gasteiger partial charge on any atom is -0.493 e. The molecule has 3 aromatic rings. The Hall–Kier alpha value is -3.07. The van der Waals surface area contributed by atoms with Gasteiger partial charge in [-0.3, -0.25) is 9.59 Å². The van der Waals surface area contributed by atoms with Gasteiger partial charge in [-0.25, -0.2) is 5.43 Å². The zero-order valence-electron chi connectivity index (χ0n) is 18.9. The fraction of sp³-hybridized carbons (Fsp3) is 0.160. The van der Waals surface area contributed by atoms with Gasteiger partial charge < -0.3 is 14.8 Å². The van der Waals surface area contributed by atoms with Crippen LogP contribution in [0.15, 0.2) is 64.2 Å². The number of hydrogen-bond donors (Lipinski definition) is 2. The molecule has 0 atom stereocenters. The SMILES string of the molecule is CCc1ccccc1NC(=O)C(=O)N/N=C/c1cc(Br)c(OCc2c(Cl)cccc2Cl)c(OC)c1. The van der Waals surface area contributed by atoms with E-state index in [4.69, 9.17) is 32.7 Å². The second kappa shape index (κ2) is 12.6. The van der Waals surface area contributed by atoms with Gasteiger partial charge in [0.05, 0.1) is 17.8 Å². The number of rotatable bonds is 8. The molecule has 3 aromatic carbocycles. The third-order valence-electron chi connectivity index (χ3n) is 4.91. The molecule has 182 valence electrons.